The summed E-state index contributed by atoms with van der Waals surface area (Å²) in [5.41, 5.74) is 0. The second kappa shape index (κ2) is 6.68. The van der Waals surface area contributed by atoms with Gasteiger partial charge in [-0.25, -0.2) is 0 Å². The molecule has 2 atom stereocenters. The van der Waals surface area contributed by atoms with E-state index in [0.717, 1.165) is 6.61 Å². The van der Waals surface area contributed by atoms with Gasteiger partial charge in [-0.3, -0.25) is 0 Å². The number of hydrogen-bond acceptors (Lipinski definition) is 5. The van der Waals surface area contributed by atoms with Gasteiger partial charge in [0.15, 0.2) is 0 Å². The fourth-order valence-electron chi connectivity index (χ4n) is 1.49. The lowest BCUT2D eigenvalue weighted by molar-refractivity contribution is 0.0391. The first-order chi connectivity index (χ1) is 7.65. The van der Waals surface area contributed by atoms with E-state index in [9.17, 15) is 0 Å². The average Bonchev–Trinajstić information content (AvgIpc) is 3.09. The summed E-state index contributed by atoms with van der Waals surface area (Å²) >= 11 is 0. The maximum Gasteiger partial charge on any atom is 0.503 e. The maximum absolute atomic E-state index is 5.64. The number of hydrogen-bond donors (Lipinski definition) is 0. The summed E-state index contributed by atoms with van der Waals surface area (Å²) in [6.07, 6.45) is 0.345. The number of ether oxygens (including phenoxy) is 2. The number of rotatable bonds is 9. The Morgan fingerprint density at radius 1 is 1.38 bits per heavy atom. The van der Waals surface area contributed by atoms with E-state index < -0.39 is 8.80 Å². The summed E-state index contributed by atoms with van der Waals surface area (Å²) < 4.78 is 27.1. The molecule has 5 nitrogen and oxygen atoms in total. The Labute approximate surface area is 98.3 Å². The quantitative estimate of drug-likeness (QED) is 0.452. The van der Waals surface area contributed by atoms with E-state index in [2.05, 4.69) is 0 Å². The first kappa shape index (κ1) is 14.1. The van der Waals surface area contributed by atoms with Crippen molar-refractivity contribution >= 4 is 8.80 Å². The van der Waals surface area contributed by atoms with Crippen molar-refractivity contribution in [2.75, 3.05) is 34.0 Å². The number of epoxide rings is 1. The third kappa shape index (κ3) is 4.48. The zero-order valence-electron chi connectivity index (χ0n) is 10.5. The zero-order chi connectivity index (χ0) is 12.0. The van der Waals surface area contributed by atoms with E-state index in [0.29, 0.717) is 19.3 Å². The predicted molar refractivity (Wildman–Crippen MR) is 61.4 cm³/mol. The fourth-order valence-corrected chi connectivity index (χ4v) is 3.61. The third-order valence-corrected chi connectivity index (χ3v) is 5.54. The van der Waals surface area contributed by atoms with Crippen molar-refractivity contribution in [1.82, 2.24) is 0 Å². The highest BCUT2D eigenvalue weighted by molar-refractivity contribution is 6.60. The van der Waals surface area contributed by atoms with Crippen molar-refractivity contribution in [3.63, 3.8) is 0 Å². The van der Waals surface area contributed by atoms with Gasteiger partial charge < -0.3 is 22.8 Å². The lowest BCUT2D eigenvalue weighted by atomic mass is 10.4. The van der Waals surface area contributed by atoms with Crippen LogP contribution < -0.4 is 0 Å². The van der Waals surface area contributed by atoms with Crippen LogP contribution in [-0.2, 0) is 22.8 Å². The Hall–Kier alpha value is 0.0169. The standard InChI is InChI=1S/C10H22O5Si/c1-5-15-16(11-3,12-4)8-9(2)13-6-10-7-14-10/h9-10H,5-8H2,1-4H3. The molecule has 0 saturated carbocycles. The molecular formula is C10H22O5Si. The SMILES string of the molecule is CCO[Si](CC(C)OCC1CO1)(OC)OC. The Morgan fingerprint density at radius 2 is 2.00 bits per heavy atom. The average molecular weight is 250 g/mol. The minimum Gasteiger partial charge on any atom is -0.377 e. The second-order valence-electron chi connectivity index (χ2n) is 3.83. The molecule has 1 aliphatic heterocycles. The van der Waals surface area contributed by atoms with Gasteiger partial charge in [0.05, 0.1) is 19.3 Å². The van der Waals surface area contributed by atoms with E-state index in [1.807, 2.05) is 13.8 Å². The van der Waals surface area contributed by atoms with E-state index in [1.165, 1.54) is 0 Å². The van der Waals surface area contributed by atoms with Gasteiger partial charge in [-0.2, -0.15) is 0 Å². The molecule has 0 bridgehead atoms. The first-order valence-electron chi connectivity index (χ1n) is 5.63. The lowest BCUT2D eigenvalue weighted by Crippen LogP contribution is -2.46. The second-order valence-corrected chi connectivity index (χ2v) is 6.71. The van der Waals surface area contributed by atoms with Crippen molar-refractivity contribution in [3.8, 4) is 0 Å². The third-order valence-electron chi connectivity index (χ3n) is 2.49. The van der Waals surface area contributed by atoms with Crippen molar-refractivity contribution in [3.05, 3.63) is 0 Å². The minimum atomic E-state index is -2.52. The van der Waals surface area contributed by atoms with Crippen LogP contribution in [0.25, 0.3) is 0 Å². The molecule has 2 unspecified atom stereocenters. The smallest absolute Gasteiger partial charge is 0.377 e. The fraction of sp³-hybridized carbons (Fsp3) is 1.00. The Balaban J connectivity index is 2.32. The first-order valence-corrected chi connectivity index (χ1v) is 7.56. The lowest BCUT2D eigenvalue weighted by Gasteiger charge is -2.28. The molecule has 0 aromatic heterocycles. The molecule has 0 amide bonds. The summed E-state index contributed by atoms with van der Waals surface area (Å²) in [5.74, 6) is 0. The van der Waals surface area contributed by atoms with Gasteiger partial charge in [-0.05, 0) is 13.8 Å². The molecular weight excluding hydrogens is 228 g/mol. The molecule has 6 heteroatoms. The highest BCUT2D eigenvalue weighted by atomic mass is 28.4. The van der Waals surface area contributed by atoms with Gasteiger partial charge in [0, 0.05) is 26.9 Å². The molecule has 0 N–H and O–H groups in total. The van der Waals surface area contributed by atoms with Crippen molar-refractivity contribution < 1.29 is 22.8 Å². The zero-order valence-corrected chi connectivity index (χ0v) is 11.5. The molecule has 96 valence electrons. The van der Waals surface area contributed by atoms with Gasteiger partial charge in [-0.1, -0.05) is 0 Å². The summed E-state index contributed by atoms with van der Waals surface area (Å²) in [7, 11) is 0.730. The van der Waals surface area contributed by atoms with Crippen LogP contribution in [0.3, 0.4) is 0 Å². The van der Waals surface area contributed by atoms with Gasteiger partial charge in [0.25, 0.3) is 0 Å². The van der Waals surface area contributed by atoms with Gasteiger partial charge in [0.2, 0.25) is 0 Å². The Bertz CT molecular complexity index is 194. The van der Waals surface area contributed by atoms with Crippen LogP contribution in [0, 0.1) is 0 Å². The molecule has 0 spiro atoms. The topological polar surface area (TPSA) is 49.5 Å². The molecule has 16 heavy (non-hydrogen) atoms. The van der Waals surface area contributed by atoms with E-state index >= 15 is 0 Å². The Morgan fingerprint density at radius 3 is 2.44 bits per heavy atom. The normalized spacial score (nSPS) is 22.1. The van der Waals surface area contributed by atoms with Gasteiger partial charge in [0.1, 0.15) is 6.10 Å². The van der Waals surface area contributed by atoms with Crippen molar-refractivity contribution in [1.29, 1.82) is 0 Å². The minimum absolute atomic E-state index is 0.0577. The summed E-state index contributed by atoms with van der Waals surface area (Å²) in [4.78, 5) is 0. The van der Waals surface area contributed by atoms with Crippen LogP contribution in [0.15, 0.2) is 0 Å². The van der Waals surface area contributed by atoms with Crippen molar-refractivity contribution in [2.45, 2.75) is 32.1 Å². The van der Waals surface area contributed by atoms with Gasteiger partial charge >= 0.3 is 8.80 Å². The molecule has 1 saturated heterocycles. The molecule has 0 radical (unpaired) electrons. The summed E-state index contributed by atoms with van der Waals surface area (Å²) in [5, 5.41) is 0. The molecule has 1 rings (SSSR count). The highest BCUT2D eigenvalue weighted by Gasteiger charge is 2.41. The summed E-state index contributed by atoms with van der Waals surface area (Å²) in [6.45, 7) is 5.98. The van der Waals surface area contributed by atoms with Crippen LogP contribution in [0.1, 0.15) is 13.8 Å². The molecule has 1 fully saturated rings. The van der Waals surface area contributed by atoms with Crippen LogP contribution in [0.5, 0.6) is 0 Å². The molecule has 0 aromatic carbocycles. The van der Waals surface area contributed by atoms with Crippen LogP contribution in [0.2, 0.25) is 6.04 Å². The Kier molecular flexibility index (Phi) is 5.88. The van der Waals surface area contributed by atoms with E-state index in [4.69, 9.17) is 22.8 Å². The van der Waals surface area contributed by atoms with Crippen LogP contribution >= 0.6 is 0 Å². The van der Waals surface area contributed by atoms with E-state index in [-0.39, 0.29) is 12.2 Å². The van der Waals surface area contributed by atoms with Crippen LogP contribution in [-0.4, -0.2) is 55.1 Å². The largest absolute Gasteiger partial charge is 0.503 e. The van der Waals surface area contributed by atoms with E-state index in [1.54, 1.807) is 14.2 Å². The van der Waals surface area contributed by atoms with Crippen LogP contribution in [0.4, 0.5) is 0 Å². The highest BCUT2D eigenvalue weighted by Crippen LogP contribution is 2.19. The molecule has 0 aliphatic carbocycles. The molecule has 1 aliphatic rings. The maximum atomic E-state index is 5.64. The molecule has 1 heterocycles. The predicted octanol–water partition coefficient (Wildman–Crippen LogP) is 1.06. The summed E-state index contributed by atoms with van der Waals surface area (Å²) in [6, 6.07) is 0.667. The van der Waals surface area contributed by atoms with Gasteiger partial charge in [-0.15, -0.1) is 0 Å². The van der Waals surface area contributed by atoms with Crippen molar-refractivity contribution in [2.24, 2.45) is 0 Å². The molecule has 0 aromatic rings. The monoisotopic (exact) mass is 250 g/mol.